The zero-order valence-electron chi connectivity index (χ0n) is 16.9. The number of halogens is 1. The number of nitrogens with zero attached hydrogens (tertiary/aromatic N) is 1. The van der Waals surface area contributed by atoms with Gasteiger partial charge in [0.05, 0.1) is 17.2 Å². The highest BCUT2D eigenvalue weighted by Crippen LogP contribution is 2.33. The maximum absolute atomic E-state index is 13.9. The SMILES string of the molecule is CC.CCCCC.Cc1cc(F)c2c(c1)N(C1CCS(=O)(=O)CC1)NC2. The third kappa shape index (κ3) is 6.23. The van der Waals surface area contributed by atoms with Gasteiger partial charge in [0, 0.05) is 18.2 Å². The van der Waals surface area contributed by atoms with E-state index in [0.717, 1.165) is 11.3 Å². The monoisotopic (exact) mass is 386 g/mol. The normalized spacial score (nSPS) is 18.3. The summed E-state index contributed by atoms with van der Waals surface area (Å²) in [5, 5.41) is 1.96. The average molecular weight is 387 g/mol. The third-order valence-corrected chi connectivity index (χ3v) is 6.31. The Bertz CT molecular complexity index is 646. The van der Waals surface area contributed by atoms with Gasteiger partial charge in [-0.2, -0.15) is 0 Å². The van der Waals surface area contributed by atoms with Crippen molar-refractivity contribution in [3.63, 3.8) is 0 Å². The molecular formula is C20H35FN2O2S. The molecular weight excluding hydrogens is 351 g/mol. The molecule has 1 fully saturated rings. The largest absolute Gasteiger partial charge is 0.305 e. The molecule has 1 aromatic carbocycles. The zero-order valence-corrected chi connectivity index (χ0v) is 17.8. The predicted octanol–water partition coefficient (Wildman–Crippen LogP) is 4.76. The van der Waals surface area contributed by atoms with Crippen LogP contribution in [0.4, 0.5) is 10.1 Å². The molecule has 0 aliphatic carbocycles. The number of aryl methyl sites for hydroxylation is 1. The number of nitrogens with one attached hydrogen (secondary N) is 1. The second kappa shape index (κ2) is 10.9. The van der Waals surface area contributed by atoms with E-state index in [1.807, 2.05) is 31.8 Å². The van der Waals surface area contributed by atoms with E-state index in [2.05, 4.69) is 19.3 Å². The van der Waals surface area contributed by atoms with Gasteiger partial charge in [-0.15, -0.1) is 0 Å². The molecule has 0 radical (unpaired) electrons. The van der Waals surface area contributed by atoms with Crippen molar-refractivity contribution in [2.45, 2.75) is 79.3 Å². The Kier molecular flexibility index (Phi) is 9.58. The Labute approximate surface area is 159 Å². The highest BCUT2D eigenvalue weighted by atomic mass is 32.2. The number of unbranched alkanes of at least 4 members (excludes halogenated alkanes) is 2. The number of benzene rings is 1. The van der Waals surface area contributed by atoms with Crippen LogP contribution in [0.25, 0.3) is 0 Å². The minimum absolute atomic E-state index is 0.131. The van der Waals surface area contributed by atoms with Crippen molar-refractivity contribution in [1.82, 2.24) is 5.43 Å². The van der Waals surface area contributed by atoms with Crippen LogP contribution in [0.3, 0.4) is 0 Å². The number of fused-ring (bicyclic) bond motifs is 1. The van der Waals surface area contributed by atoms with E-state index in [-0.39, 0.29) is 23.4 Å². The Morgan fingerprint density at radius 2 is 1.73 bits per heavy atom. The van der Waals surface area contributed by atoms with Crippen molar-refractivity contribution in [2.24, 2.45) is 0 Å². The van der Waals surface area contributed by atoms with Crippen molar-refractivity contribution in [1.29, 1.82) is 0 Å². The summed E-state index contributed by atoms with van der Waals surface area (Å²) in [6, 6.07) is 3.63. The lowest BCUT2D eigenvalue weighted by Gasteiger charge is -2.32. The van der Waals surface area contributed by atoms with Gasteiger partial charge >= 0.3 is 0 Å². The van der Waals surface area contributed by atoms with Crippen LogP contribution in [0.1, 0.15) is 70.9 Å². The Balaban J connectivity index is 0.000000420. The van der Waals surface area contributed by atoms with Crippen LogP contribution in [-0.4, -0.2) is 26.0 Å². The van der Waals surface area contributed by atoms with Crippen LogP contribution in [0, 0.1) is 12.7 Å². The Morgan fingerprint density at radius 1 is 1.15 bits per heavy atom. The summed E-state index contributed by atoms with van der Waals surface area (Å²) in [6.45, 7) is 10.8. The van der Waals surface area contributed by atoms with Gasteiger partial charge in [0.2, 0.25) is 0 Å². The van der Waals surface area contributed by atoms with Crippen molar-refractivity contribution in [2.75, 3.05) is 16.5 Å². The van der Waals surface area contributed by atoms with Gasteiger partial charge in [0.25, 0.3) is 0 Å². The summed E-state index contributed by atoms with van der Waals surface area (Å²) < 4.78 is 36.8. The molecule has 0 atom stereocenters. The first-order chi connectivity index (χ1) is 12.4. The summed E-state index contributed by atoms with van der Waals surface area (Å²) in [5.41, 5.74) is 5.61. The standard InChI is InChI=1S/C13H17FN2O2S.C5H12.C2H6/c1-9-6-12(14)11-8-15-16(13(11)7-9)10-2-4-19(17,18)5-3-10;1-3-5-4-2;1-2/h6-7,10,15H,2-5,8H2,1H3;3-5H2,1-2H3;1-2H3. The second-order valence-electron chi connectivity index (χ2n) is 6.69. The lowest BCUT2D eigenvalue weighted by Crippen LogP contribution is -2.46. The van der Waals surface area contributed by atoms with Gasteiger partial charge in [0.15, 0.2) is 0 Å². The highest BCUT2D eigenvalue weighted by molar-refractivity contribution is 7.91. The number of sulfone groups is 1. The highest BCUT2D eigenvalue weighted by Gasteiger charge is 2.32. The first kappa shape index (κ1) is 22.9. The maximum atomic E-state index is 13.9. The van der Waals surface area contributed by atoms with E-state index in [1.54, 1.807) is 0 Å². The van der Waals surface area contributed by atoms with E-state index in [1.165, 1.54) is 25.3 Å². The summed E-state index contributed by atoms with van der Waals surface area (Å²) in [7, 11) is -2.87. The van der Waals surface area contributed by atoms with Gasteiger partial charge in [-0.05, 0) is 37.5 Å². The molecule has 4 nitrogen and oxygen atoms in total. The minimum atomic E-state index is -2.87. The molecule has 0 aromatic heterocycles. The summed E-state index contributed by atoms with van der Waals surface area (Å²) in [5.74, 6) is 0.257. The molecule has 2 aliphatic heterocycles. The number of anilines is 1. The molecule has 6 heteroatoms. The fourth-order valence-electron chi connectivity index (χ4n) is 3.21. The lowest BCUT2D eigenvalue weighted by atomic mass is 10.1. The third-order valence-electron chi connectivity index (χ3n) is 4.60. The molecule has 1 saturated heterocycles. The molecule has 26 heavy (non-hydrogen) atoms. The van der Waals surface area contributed by atoms with E-state index < -0.39 is 9.84 Å². The number of hydrogen-bond acceptors (Lipinski definition) is 4. The fourth-order valence-corrected chi connectivity index (χ4v) is 4.67. The van der Waals surface area contributed by atoms with Gasteiger partial charge in [-0.3, -0.25) is 0 Å². The van der Waals surface area contributed by atoms with Gasteiger partial charge in [-0.1, -0.05) is 47.0 Å². The first-order valence-electron chi connectivity index (χ1n) is 9.90. The van der Waals surface area contributed by atoms with Crippen molar-refractivity contribution in [3.8, 4) is 0 Å². The van der Waals surface area contributed by atoms with Crippen molar-refractivity contribution in [3.05, 3.63) is 29.1 Å². The van der Waals surface area contributed by atoms with E-state index in [4.69, 9.17) is 0 Å². The number of hydrazine groups is 1. The molecule has 1 aromatic rings. The second-order valence-corrected chi connectivity index (χ2v) is 8.99. The smallest absolute Gasteiger partial charge is 0.150 e. The van der Waals surface area contributed by atoms with Crippen molar-refractivity contribution < 1.29 is 12.8 Å². The molecule has 150 valence electrons. The van der Waals surface area contributed by atoms with Gasteiger partial charge < -0.3 is 5.01 Å². The quantitative estimate of drug-likeness (QED) is 0.814. The topological polar surface area (TPSA) is 49.4 Å². The van der Waals surface area contributed by atoms with Crippen LogP contribution < -0.4 is 10.4 Å². The van der Waals surface area contributed by atoms with Crippen LogP contribution >= 0.6 is 0 Å². The summed E-state index contributed by atoms with van der Waals surface area (Å²) >= 11 is 0. The zero-order chi connectivity index (χ0) is 19.7. The molecule has 0 saturated carbocycles. The average Bonchev–Trinajstić information content (AvgIpc) is 3.02. The maximum Gasteiger partial charge on any atom is 0.150 e. The van der Waals surface area contributed by atoms with Gasteiger partial charge in [0.1, 0.15) is 15.7 Å². The molecule has 2 aliphatic rings. The molecule has 0 unspecified atom stereocenters. The van der Waals surface area contributed by atoms with E-state index in [9.17, 15) is 12.8 Å². The lowest BCUT2D eigenvalue weighted by molar-refractivity contribution is 0.484. The molecule has 0 spiro atoms. The fraction of sp³-hybridized carbons (Fsp3) is 0.700. The number of hydrogen-bond donors (Lipinski definition) is 1. The Morgan fingerprint density at radius 3 is 2.23 bits per heavy atom. The molecule has 0 bridgehead atoms. The predicted molar refractivity (Wildman–Crippen MR) is 109 cm³/mol. The van der Waals surface area contributed by atoms with Crippen molar-refractivity contribution >= 4 is 15.5 Å². The molecule has 2 heterocycles. The molecule has 3 rings (SSSR count). The van der Waals surface area contributed by atoms with Gasteiger partial charge in [-0.25, -0.2) is 18.2 Å². The minimum Gasteiger partial charge on any atom is -0.305 e. The molecule has 0 amide bonds. The van der Waals surface area contributed by atoms with Crippen LogP contribution in [-0.2, 0) is 16.4 Å². The van der Waals surface area contributed by atoms with Crippen LogP contribution in [0.15, 0.2) is 12.1 Å². The first-order valence-corrected chi connectivity index (χ1v) is 11.7. The van der Waals surface area contributed by atoms with E-state index >= 15 is 0 Å². The molecule has 1 N–H and O–H groups in total. The number of rotatable bonds is 3. The van der Waals surface area contributed by atoms with Crippen LogP contribution in [0.2, 0.25) is 0 Å². The summed E-state index contributed by atoms with van der Waals surface area (Å²) in [6.07, 6.45) is 5.28. The summed E-state index contributed by atoms with van der Waals surface area (Å²) in [4.78, 5) is 0. The Hall–Kier alpha value is -1.14. The van der Waals surface area contributed by atoms with Crippen LogP contribution in [0.5, 0.6) is 0 Å². The van der Waals surface area contributed by atoms with E-state index in [0.29, 0.717) is 24.9 Å².